The Labute approximate surface area is 99.6 Å². The van der Waals surface area contributed by atoms with E-state index in [-0.39, 0.29) is 5.91 Å². The Morgan fingerprint density at radius 1 is 1.56 bits per heavy atom. The van der Waals surface area contributed by atoms with Gasteiger partial charge in [-0.1, -0.05) is 0 Å². The van der Waals surface area contributed by atoms with Crippen LogP contribution < -0.4 is 5.32 Å². The molecular formula is C11H17N3OS. The van der Waals surface area contributed by atoms with Crippen molar-refractivity contribution < 1.29 is 4.79 Å². The zero-order valence-electron chi connectivity index (χ0n) is 9.24. The lowest BCUT2D eigenvalue weighted by Crippen LogP contribution is -2.26. The van der Waals surface area contributed by atoms with Crippen molar-refractivity contribution >= 4 is 17.7 Å². The third-order valence-electron chi connectivity index (χ3n) is 2.82. The maximum absolute atomic E-state index is 11.6. The van der Waals surface area contributed by atoms with Crippen molar-refractivity contribution in [3.63, 3.8) is 0 Å². The van der Waals surface area contributed by atoms with Gasteiger partial charge in [-0.2, -0.15) is 11.8 Å². The summed E-state index contributed by atoms with van der Waals surface area (Å²) < 4.78 is 0. The molecule has 0 saturated carbocycles. The molecule has 4 nitrogen and oxygen atoms in total. The SMILES string of the molecule is O=C(CC1CCSCC1)NCc1ncc[nH]1. The van der Waals surface area contributed by atoms with Crippen LogP contribution in [0.2, 0.25) is 0 Å². The molecule has 1 fully saturated rings. The van der Waals surface area contributed by atoms with Gasteiger partial charge in [0.1, 0.15) is 5.82 Å². The van der Waals surface area contributed by atoms with Crippen LogP contribution in [0.3, 0.4) is 0 Å². The van der Waals surface area contributed by atoms with Gasteiger partial charge in [0.2, 0.25) is 5.91 Å². The Bertz CT molecular complexity index is 320. The van der Waals surface area contributed by atoms with Gasteiger partial charge in [-0.05, 0) is 30.3 Å². The number of nitrogens with zero attached hydrogens (tertiary/aromatic N) is 1. The number of rotatable bonds is 4. The van der Waals surface area contributed by atoms with Gasteiger partial charge in [0.05, 0.1) is 6.54 Å². The number of amides is 1. The van der Waals surface area contributed by atoms with Crippen LogP contribution >= 0.6 is 11.8 Å². The van der Waals surface area contributed by atoms with Crippen molar-refractivity contribution in [3.05, 3.63) is 18.2 Å². The van der Waals surface area contributed by atoms with Gasteiger partial charge in [-0.25, -0.2) is 4.98 Å². The van der Waals surface area contributed by atoms with E-state index in [0.29, 0.717) is 18.9 Å². The molecular weight excluding hydrogens is 222 g/mol. The number of carbonyl (C=O) groups is 1. The van der Waals surface area contributed by atoms with Crippen LogP contribution in [-0.2, 0) is 11.3 Å². The number of hydrogen-bond acceptors (Lipinski definition) is 3. The lowest BCUT2D eigenvalue weighted by molar-refractivity contribution is -0.122. The van der Waals surface area contributed by atoms with Crippen LogP contribution in [0, 0.1) is 5.92 Å². The van der Waals surface area contributed by atoms with Crippen LogP contribution in [-0.4, -0.2) is 27.4 Å². The number of thioether (sulfide) groups is 1. The Morgan fingerprint density at radius 3 is 3.06 bits per heavy atom. The number of aromatic nitrogens is 2. The molecule has 1 aromatic heterocycles. The quantitative estimate of drug-likeness (QED) is 0.838. The second-order valence-corrected chi connectivity index (χ2v) is 5.30. The highest BCUT2D eigenvalue weighted by molar-refractivity contribution is 7.99. The molecule has 0 atom stereocenters. The van der Waals surface area contributed by atoms with E-state index < -0.39 is 0 Å². The highest BCUT2D eigenvalue weighted by Gasteiger charge is 2.17. The highest BCUT2D eigenvalue weighted by Crippen LogP contribution is 2.24. The normalized spacial score (nSPS) is 17.2. The van der Waals surface area contributed by atoms with E-state index in [4.69, 9.17) is 0 Å². The summed E-state index contributed by atoms with van der Waals surface area (Å²) >= 11 is 1.99. The minimum atomic E-state index is 0.147. The number of imidazole rings is 1. The van der Waals surface area contributed by atoms with Gasteiger partial charge in [0.25, 0.3) is 0 Å². The molecule has 0 unspecified atom stereocenters. The summed E-state index contributed by atoms with van der Waals surface area (Å²) in [5.41, 5.74) is 0. The van der Waals surface area contributed by atoms with Gasteiger partial charge < -0.3 is 10.3 Å². The summed E-state index contributed by atoms with van der Waals surface area (Å²) in [5, 5.41) is 2.89. The third-order valence-corrected chi connectivity index (χ3v) is 3.87. The van der Waals surface area contributed by atoms with Crippen molar-refractivity contribution in [1.29, 1.82) is 0 Å². The molecule has 1 aliphatic rings. The average molecular weight is 239 g/mol. The van der Waals surface area contributed by atoms with Crippen molar-refractivity contribution in [2.45, 2.75) is 25.8 Å². The second-order valence-electron chi connectivity index (χ2n) is 4.07. The Kier molecular flexibility index (Phi) is 4.27. The summed E-state index contributed by atoms with van der Waals surface area (Å²) in [7, 11) is 0. The Morgan fingerprint density at radius 2 is 2.38 bits per heavy atom. The molecule has 0 spiro atoms. The van der Waals surface area contributed by atoms with E-state index in [1.807, 2.05) is 11.8 Å². The molecule has 2 rings (SSSR count). The molecule has 1 saturated heterocycles. The average Bonchev–Trinajstić information content (AvgIpc) is 2.81. The molecule has 0 aliphatic carbocycles. The first-order valence-corrected chi connectivity index (χ1v) is 6.83. The molecule has 0 aromatic carbocycles. The molecule has 2 N–H and O–H groups in total. The highest BCUT2D eigenvalue weighted by atomic mass is 32.2. The van der Waals surface area contributed by atoms with Gasteiger partial charge in [-0.3, -0.25) is 4.79 Å². The first-order chi connectivity index (χ1) is 7.84. The standard InChI is InChI=1S/C11H17N3OS/c15-11(7-9-1-5-16-6-2-9)14-8-10-12-3-4-13-10/h3-4,9H,1-2,5-8H2,(H,12,13)(H,14,15). The fraction of sp³-hybridized carbons (Fsp3) is 0.636. The van der Waals surface area contributed by atoms with Gasteiger partial charge in [0.15, 0.2) is 0 Å². The van der Waals surface area contributed by atoms with E-state index in [1.54, 1.807) is 12.4 Å². The largest absolute Gasteiger partial charge is 0.349 e. The van der Waals surface area contributed by atoms with Crippen molar-refractivity contribution in [1.82, 2.24) is 15.3 Å². The van der Waals surface area contributed by atoms with E-state index in [1.165, 1.54) is 24.3 Å². The van der Waals surface area contributed by atoms with E-state index in [2.05, 4.69) is 15.3 Å². The van der Waals surface area contributed by atoms with E-state index >= 15 is 0 Å². The molecule has 88 valence electrons. The first kappa shape index (κ1) is 11.5. The van der Waals surface area contributed by atoms with Crippen LogP contribution in [0.5, 0.6) is 0 Å². The van der Waals surface area contributed by atoms with Crippen LogP contribution in [0.25, 0.3) is 0 Å². The molecule has 0 radical (unpaired) electrons. The number of hydrogen-bond donors (Lipinski definition) is 2. The summed E-state index contributed by atoms with van der Waals surface area (Å²) in [5.74, 6) is 3.95. The van der Waals surface area contributed by atoms with Crippen LogP contribution in [0.4, 0.5) is 0 Å². The van der Waals surface area contributed by atoms with Crippen molar-refractivity contribution in [2.75, 3.05) is 11.5 Å². The number of H-pyrrole nitrogens is 1. The van der Waals surface area contributed by atoms with Crippen LogP contribution in [0.1, 0.15) is 25.1 Å². The van der Waals surface area contributed by atoms with Crippen molar-refractivity contribution in [2.24, 2.45) is 5.92 Å². The third kappa shape index (κ3) is 3.56. The zero-order chi connectivity index (χ0) is 11.2. The molecule has 1 aliphatic heterocycles. The van der Waals surface area contributed by atoms with E-state index in [0.717, 1.165) is 5.82 Å². The summed E-state index contributed by atoms with van der Waals surface area (Å²) in [6, 6.07) is 0. The maximum atomic E-state index is 11.6. The van der Waals surface area contributed by atoms with Gasteiger partial charge in [0, 0.05) is 18.8 Å². The zero-order valence-corrected chi connectivity index (χ0v) is 10.1. The lowest BCUT2D eigenvalue weighted by Gasteiger charge is -2.20. The number of nitrogens with one attached hydrogen (secondary N) is 2. The molecule has 1 aromatic rings. The molecule has 16 heavy (non-hydrogen) atoms. The van der Waals surface area contributed by atoms with Crippen molar-refractivity contribution in [3.8, 4) is 0 Å². The Hall–Kier alpha value is -0.970. The molecule has 2 heterocycles. The maximum Gasteiger partial charge on any atom is 0.220 e. The fourth-order valence-corrected chi connectivity index (χ4v) is 3.07. The predicted octanol–water partition coefficient (Wildman–Crippen LogP) is 1.56. The van der Waals surface area contributed by atoms with Gasteiger partial charge in [-0.15, -0.1) is 0 Å². The number of carbonyl (C=O) groups excluding carboxylic acids is 1. The molecule has 0 bridgehead atoms. The minimum Gasteiger partial charge on any atom is -0.349 e. The monoisotopic (exact) mass is 239 g/mol. The topological polar surface area (TPSA) is 57.8 Å². The van der Waals surface area contributed by atoms with Gasteiger partial charge >= 0.3 is 0 Å². The molecule has 5 heteroatoms. The predicted molar refractivity (Wildman–Crippen MR) is 65.1 cm³/mol. The van der Waals surface area contributed by atoms with E-state index in [9.17, 15) is 4.79 Å². The smallest absolute Gasteiger partial charge is 0.220 e. The Balaban J connectivity index is 1.67. The first-order valence-electron chi connectivity index (χ1n) is 5.67. The summed E-state index contributed by atoms with van der Waals surface area (Å²) in [6.07, 6.45) is 6.48. The fourth-order valence-electron chi connectivity index (χ4n) is 1.86. The summed E-state index contributed by atoms with van der Waals surface area (Å²) in [4.78, 5) is 18.7. The lowest BCUT2D eigenvalue weighted by atomic mass is 9.98. The second kappa shape index (κ2) is 5.94. The minimum absolute atomic E-state index is 0.147. The number of aromatic amines is 1. The summed E-state index contributed by atoms with van der Waals surface area (Å²) in [6.45, 7) is 0.507. The molecule has 1 amide bonds. The van der Waals surface area contributed by atoms with Crippen LogP contribution in [0.15, 0.2) is 12.4 Å².